The summed E-state index contributed by atoms with van der Waals surface area (Å²) in [6.45, 7) is 2.66. The second kappa shape index (κ2) is 9.59. The summed E-state index contributed by atoms with van der Waals surface area (Å²) in [5.41, 5.74) is 3.60. The van der Waals surface area contributed by atoms with Gasteiger partial charge in [-0.25, -0.2) is 14.2 Å². The van der Waals surface area contributed by atoms with E-state index in [2.05, 4.69) is 31.3 Å². The number of benzene rings is 1. The average molecular weight is 538 g/mol. The first-order chi connectivity index (χ1) is 16.9. The molecule has 4 heterocycles. The van der Waals surface area contributed by atoms with Gasteiger partial charge >= 0.3 is 0 Å². The van der Waals surface area contributed by atoms with E-state index in [0.29, 0.717) is 30.1 Å². The number of halogens is 1. The molecule has 0 spiro atoms. The Hall–Kier alpha value is -3.57. The van der Waals surface area contributed by atoms with Crippen molar-refractivity contribution in [3.63, 3.8) is 0 Å². The molecule has 0 bridgehead atoms. The van der Waals surface area contributed by atoms with Crippen LogP contribution in [0.25, 0.3) is 11.3 Å². The first-order valence-electron chi connectivity index (χ1n) is 11.3. The van der Waals surface area contributed by atoms with Gasteiger partial charge in [0.15, 0.2) is 5.65 Å². The van der Waals surface area contributed by atoms with Crippen LogP contribution in [0.3, 0.4) is 0 Å². The number of nitrogens with one attached hydrogen (secondary N) is 1. The maximum atomic E-state index is 13.2. The van der Waals surface area contributed by atoms with Crippen molar-refractivity contribution in [2.45, 2.75) is 25.7 Å². The van der Waals surface area contributed by atoms with Crippen LogP contribution in [0.1, 0.15) is 40.4 Å². The van der Waals surface area contributed by atoms with E-state index >= 15 is 0 Å². The van der Waals surface area contributed by atoms with Crippen LogP contribution in [0.15, 0.2) is 53.4 Å². The zero-order valence-electron chi connectivity index (χ0n) is 19.1. The zero-order valence-corrected chi connectivity index (χ0v) is 20.6. The molecule has 1 aliphatic heterocycles. The number of carbonyl (C=O) groups excluding carboxylic acids is 2. The van der Waals surface area contributed by atoms with Gasteiger partial charge in [-0.3, -0.25) is 9.59 Å². The van der Waals surface area contributed by atoms with E-state index in [1.54, 1.807) is 26.5 Å². The molecule has 2 N–H and O–H groups in total. The number of aliphatic hydroxyl groups excluding tert-OH is 1. The van der Waals surface area contributed by atoms with Crippen molar-refractivity contribution < 1.29 is 14.7 Å². The van der Waals surface area contributed by atoms with Crippen molar-refractivity contribution in [1.82, 2.24) is 29.3 Å². The second-order valence-corrected chi connectivity index (χ2v) is 9.48. The van der Waals surface area contributed by atoms with Crippen LogP contribution < -0.4 is 5.32 Å². The van der Waals surface area contributed by atoms with Crippen LogP contribution in [0.5, 0.6) is 0 Å². The number of aryl methyl sites for hydroxylation is 1. The molecule has 10 nitrogen and oxygen atoms in total. The minimum atomic E-state index is -0.474. The van der Waals surface area contributed by atoms with Crippen molar-refractivity contribution >= 4 is 39.2 Å². The molecule has 0 atom stereocenters. The fourth-order valence-corrected chi connectivity index (χ4v) is 4.59. The minimum Gasteiger partial charge on any atom is -0.387 e. The van der Waals surface area contributed by atoms with E-state index in [0.717, 1.165) is 34.3 Å². The van der Waals surface area contributed by atoms with Crippen molar-refractivity contribution in [3.05, 3.63) is 70.2 Å². The van der Waals surface area contributed by atoms with Crippen LogP contribution in [-0.4, -0.2) is 65.9 Å². The number of aliphatic hydroxyl groups is 1. The lowest BCUT2D eigenvalue weighted by atomic mass is 9.93. The largest absolute Gasteiger partial charge is 0.387 e. The normalized spacial score (nSPS) is 14.4. The number of rotatable bonds is 5. The second-order valence-electron chi connectivity index (χ2n) is 8.57. The maximum Gasteiger partial charge on any atom is 0.262 e. The molecule has 1 fully saturated rings. The highest BCUT2D eigenvalue weighted by molar-refractivity contribution is 9.10. The molecule has 35 heavy (non-hydrogen) atoms. The molecule has 4 aromatic rings. The summed E-state index contributed by atoms with van der Waals surface area (Å²) in [7, 11) is 0. The van der Waals surface area contributed by atoms with E-state index in [-0.39, 0.29) is 17.7 Å². The van der Waals surface area contributed by atoms with Gasteiger partial charge in [0, 0.05) is 37.5 Å². The molecule has 0 aliphatic carbocycles. The van der Waals surface area contributed by atoms with E-state index in [9.17, 15) is 9.59 Å². The minimum absolute atomic E-state index is 0.135. The van der Waals surface area contributed by atoms with Crippen molar-refractivity contribution in [2.75, 3.05) is 25.0 Å². The van der Waals surface area contributed by atoms with E-state index in [1.807, 2.05) is 37.3 Å². The number of hydrogen-bond acceptors (Lipinski definition) is 6. The molecule has 0 radical (unpaired) electrons. The lowest BCUT2D eigenvalue weighted by molar-refractivity contribution is -0.135. The van der Waals surface area contributed by atoms with Gasteiger partial charge in [-0.15, -0.1) is 0 Å². The van der Waals surface area contributed by atoms with Gasteiger partial charge in [0.1, 0.15) is 18.0 Å². The third-order valence-corrected chi connectivity index (χ3v) is 6.63. The number of nitrogens with zero attached hydrogens (tertiary/aromatic N) is 6. The molecule has 0 unspecified atom stereocenters. The number of hydrogen-bond donors (Lipinski definition) is 2. The van der Waals surface area contributed by atoms with Crippen LogP contribution in [-0.2, 0) is 4.79 Å². The lowest BCUT2D eigenvalue weighted by Crippen LogP contribution is -2.39. The monoisotopic (exact) mass is 537 g/mol. The topological polar surface area (TPSA) is 118 Å². The zero-order chi connectivity index (χ0) is 24.5. The Balaban J connectivity index is 1.44. The molecule has 1 saturated heterocycles. The average Bonchev–Trinajstić information content (AvgIpc) is 3.48. The van der Waals surface area contributed by atoms with Crippen LogP contribution in [0.4, 0.5) is 5.82 Å². The summed E-state index contributed by atoms with van der Waals surface area (Å²) < 4.78 is 4.03. The molecule has 2 amide bonds. The summed E-state index contributed by atoms with van der Waals surface area (Å²) in [6, 6.07) is 9.79. The molecule has 11 heteroatoms. The van der Waals surface area contributed by atoms with Gasteiger partial charge in [0.25, 0.3) is 5.91 Å². The summed E-state index contributed by atoms with van der Waals surface area (Å²) in [6.07, 6.45) is 6.32. The van der Waals surface area contributed by atoms with Crippen LogP contribution in [0, 0.1) is 6.92 Å². The van der Waals surface area contributed by atoms with Crippen molar-refractivity contribution in [1.29, 1.82) is 0 Å². The van der Waals surface area contributed by atoms with Crippen LogP contribution in [0.2, 0.25) is 0 Å². The van der Waals surface area contributed by atoms with Gasteiger partial charge in [0.2, 0.25) is 5.91 Å². The Morgan fingerprint density at radius 2 is 1.91 bits per heavy atom. The quantitative estimate of drug-likeness (QED) is 0.404. The van der Waals surface area contributed by atoms with Crippen LogP contribution >= 0.6 is 15.9 Å². The van der Waals surface area contributed by atoms with E-state index in [4.69, 9.17) is 10.2 Å². The third-order valence-electron chi connectivity index (χ3n) is 6.22. The molecular formula is C24H24BrN7O3. The number of likely N-dealkylation sites (tertiary alicyclic amines) is 1. The van der Waals surface area contributed by atoms with Crippen molar-refractivity contribution in [3.8, 4) is 5.69 Å². The fraction of sp³-hybridized carbons (Fsp3) is 0.292. The number of anilines is 1. The Kier molecular flexibility index (Phi) is 6.35. The Morgan fingerprint density at radius 1 is 1.17 bits per heavy atom. The number of carbonyl (C=O) groups is 2. The smallest absolute Gasteiger partial charge is 0.262 e. The predicted molar refractivity (Wildman–Crippen MR) is 133 cm³/mol. The van der Waals surface area contributed by atoms with E-state index < -0.39 is 6.61 Å². The summed E-state index contributed by atoms with van der Waals surface area (Å²) in [4.78, 5) is 31.0. The van der Waals surface area contributed by atoms with Crippen molar-refractivity contribution in [2.24, 2.45) is 0 Å². The van der Waals surface area contributed by atoms with E-state index in [1.165, 1.54) is 6.20 Å². The predicted octanol–water partition coefficient (Wildman–Crippen LogP) is 2.94. The fourth-order valence-electron chi connectivity index (χ4n) is 4.29. The van der Waals surface area contributed by atoms with Gasteiger partial charge in [-0.2, -0.15) is 10.2 Å². The van der Waals surface area contributed by atoms with Gasteiger partial charge in [-0.05, 0) is 47.8 Å². The number of amides is 2. The standard InChI is InChI=1S/C24H24BrN7O3/c1-15-2-4-18(5-3-15)32-21(10-20(29-32)16-6-8-30(9-7-16)22(34)14-33)28-24(35)19-12-27-31-13-17(25)11-26-23(19)31/h2-5,10-13,16,33H,6-9,14H2,1H3,(H,28,35). The first kappa shape index (κ1) is 23.2. The SMILES string of the molecule is Cc1ccc(-n2nc(C3CCN(C(=O)CO)CC3)cc2NC(=O)c2cnn3cc(Br)cnc23)cc1. The Labute approximate surface area is 209 Å². The molecule has 1 aromatic carbocycles. The number of aromatic nitrogens is 5. The molecule has 1 aliphatic rings. The molecule has 180 valence electrons. The van der Waals surface area contributed by atoms with Gasteiger partial charge in [0.05, 0.1) is 22.1 Å². The Bertz CT molecular complexity index is 1390. The van der Waals surface area contributed by atoms with Gasteiger partial charge < -0.3 is 15.3 Å². The summed E-state index contributed by atoms with van der Waals surface area (Å²) in [5, 5.41) is 21.2. The molecular weight excluding hydrogens is 514 g/mol. The highest BCUT2D eigenvalue weighted by Gasteiger charge is 2.27. The number of fused-ring (bicyclic) bond motifs is 1. The number of piperidine rings is 1. The molecule has 5 rings (SSSR count). The molecule has 3 aromatic heterocycles. The summed E-state index contributed by atoms with van der Waals surface area (Å²) >= 11 is 3.36. The maximum absolute atomic E-state index is 13.2. The summed E-state index contributed by atoms with van der Waals surface area (Å²) in [5.74, 6) is 0.0869. The highest BCUT2D eigenvalue weighted by atomic mass is 79.9. The highest BCUT2D eigenvalue weighted by Crippen LogP contribution is 2.30. The molecule has 0 saturated carbocycles. The lowest BCUT2D eigenvalue weighted by Gasteiger charge is -2.30. The van der Waals surface area contributed by atoms with Gasteiger partial charge in [-0.1, -0.05) is 17.7 Å². The Morgan fingerprint density at radius 3 is 2.63 bits per heavy atom. The first-order valence-corrected chi connectivity index (χ1v) is 12.1. The third kappa shape index (κ3) is 4.69.